The quantitative estimate of drug-likeness (QED) is 0.937. The Balaban J connectivity index is 1.62. The second-order valence-corrected chi connectivity index (χ2v) is 5.95. The molecule has 0 spiro atoms. The topological polar surface area (TPSA) is 46.0 Å². The summed E-state index contributed by atoms with van der Waals surface area (Å²) in [5.74, 6) is 1.55. The zero-order chi connectivity index (χ0) is 14.7. The molecule has 1 saturated heterocycles. The summed E-state index contributed by atoms with van der Waals surface area (Å²) in [5.41, 5.74) is 1.08. The Morgan fingerprint density at radius 1 is 1.38 bits per heavy atom. The van der Waals surface area contributed by atoms with Crippen molar-refractivity contribution in [2.24, 2.45) is 5.92 Å². The molecule has 1 fully saturated rings. The summed E-state index contributed by atoms with van der Waals surface area (Å²) >= 11 is 0. The van der Waals surface area contributed by atoms with Crippen molar-refractivity contribution in [2.75, 3.05) is 25.5 Å². The van der Waals surface area contributed by atoms with E-state index in [1.807, 2.05) is 24.5 Å². The second kappa shape index (κ2) is 6.26. The van der Waals surface area contributed by atoms with Crippen LogP contribution in [0.2, 0.25) is 0 Å². The van der Waals surface area contributed by atoms with Gasteiger partial charge in [-0.1, -0.05) is 0 Å². The van der Waals surface area contributed by atoms with Crippen LogP contribution in [-0.4, -0.2) is 45.8 Å². The van der Waals surface area contributed by atoms with Crippen LogP contribution >= 0.6 is 0 Å². The first-order valence-electron chi connectivity index (χ1n) is 7.63. The number of pyridine rings is 1. The molecule has 0 saturated carbocycles. The largest absolute Gasteiger partial charge is 0.381 e. The highest BCUT2D eigenvalue weighted by Gasteiger charge is 2.22. The molecule has 3 heterocycles. The first-order valence-corrected chi connectivity index (χ1v) is 7.63. The lowest BCUT2D eigenvalue weighted by atomic mass is 9.92. The predicted molar refractivity (Wildman–Crippen MR) is 84.7 cm³/mol. The number of nitrogens with zero attached hydrogens (tertiary/aromatic N) is 4. The Kier molecular flexibility index (Phi) is 4.20. The van der Waals surface area contributed by atoms with Gasteiger partial charge in [-0.2, -0.15) is 5.10 Å². The molecule has 0 bridgehead atoms. The number of hydrogen-bond donors (Lipinski definition) is 1. The number of piperidine rings is 1. The maximum atomic E-state index is 4.46. The molecule has 21 heavy (non-hydrogen) atoms. The lowest BCUT2D eigenvalue weighted by Crippen LogP contribution is -2.39. The smallest absolute Gasteiger partial charge is 0.153 e. The Bertz CT molecular complexity index is 549. The molecule has 0 amide bonds. The fourth-order valence-electron chi connectivity index (χ4n) is 3.01. The second-order valence-electron chi connectivity index (χ2n) is 5.95. The predicted octanol–water partition coefficient (Wildman–Crippen LogP) is 2.41. The highest BCUT2D eigenvalue weighted by Crippen LogP contribution is 2.21. The molecule has 2 unspecified atom stereocenters. The maximum Gasteiger partial charge on any atom is 0.153 e. The molecule has 1 N–H and O–H groups in total. The molecule has 2 aromatic heterocycles. The van der Waals surface area contributed by atoms with E-state index in [2.05, 4.69) is 40.3 Å². The zero-order valence-corrected chi connectivity index (χ0v) is 12.7. The van der Waals surface area contributed by atoms with Crippen LogP contribution in [0, 0.1) is 5.92 Å². The van der Waals surface area contributed by atoms with Crippen LogP contribution < -0.4 is 5.32 Å². The van der Waals surface area contributed by atoms with Gasteiger partial charge in [0.25, 0.3) is 0 Å². The molecule has 0 radical (unpaired) electrons. The number of likely N-dealkylation sites (tertiary alicyclic amines) is 1. The van der Waals surface area contributed by atoms with Gasteiger partial charge in [-0.15, -0.1) is 0 Å². The van der Waals surface area contributed by atoms with Crippen LogP contribution in [0.1, 0.15) is 19.8 Å². The van der Waals surface area contributed by atoms with E-state index >= 15 is 0 Å². The third-order valence-corrected chi connectivity index (χ3v) is 4.25. The van der Waals surface area contributed by atoms with Gasteiger partial charge in [0.15, 0.2) is 5.82 Å². The average Bonchev–Trinajstić information content (AvgIpc) is 3.02. The first-order chi connectivity index (χ1) is 10.2. The van der Waals surface area contributed by atoms with Gasteiger partial charge in [-0.3, -0.25) is 0 Å². The molecule has 1 aliphatic heterocycles. The van der Waals surface area contributed by atoms with Gasteiger partial charge in [0.05, 0.1) is 11.9 Å². The van der Waals surface area contributed by atoms with E-state index in [9.17, 15) is 0 Å². The van der Waals surface area contributed by atoms with Crippen molar-refractivity contribution in [1.82, 2.24) is 19.7 Å². The van der Waals surface area contributed by atoms with E-state index < -0.39 is 0 Å². The number of rotatable bonds is 4. The third kappa shape index (κ3) is 3.42. The summed E-state index contributed by atoms with van der Waals surface area (Å²) in [4.78, 5) is 6.88. The monoisotopic (exact) mass is 285 g/mol. The van der Waals surface area contributed by atoms with Gasteiger partial charge in [-0.05, 0) is 57.5 Å². The van der Waals surface area contributed by atoms with Gasteiger partial charge in [0.1, 0.15) is 0 Å². The molecular formula is C16H23N5. The van der Waals surface area contributed by atoms with E-state index in [4.69, 9.17) is 0 Å². The summed E-state index contributed by atoms with van der Waals surface area (Å²) in [6.45, 7) is 4.67. The van der Waals surface area contributed by atoms with Gasteiger partial charge in [-0.25, -0.2) is 9.67 Å². The standard InChI is InChI=1S/C16H23N5/c1-13(14-5-3-9-20(2)12-14)19-15-6-7-16(17-11-15)21-10-4-8-18-21/h4,6-8,10-11,13-14,19H,3,5,9,12H2,1-2H3. The van der Waals surface area contributed by atoms with E-state index in [1.54, 1.807) is 10.9 Å². The van der Waals surface area contributed by atoms with Crippen LogP contribution in [0.4, 0.5) is 5.69 Å². The minimum Gasteiger partial charge on any atom is -0.381 e. The van der Waals surface area contributed by atoms with E-state index in [0.717, 1.165) is 11.5 Å². The normalized spacial score (nSPS) is 21.1. The van der Waals surface area contributed by atoms with Crippen molar-refractivity contribution in [3.63, 3.8) is 0 Å². The molecular weight excluding hydrogens is 262 g/mol. The van der Waals surface area contributed by atoms with Gasteiger partial charge < -0.3 is 10.2 Å². The molecule has 5 heteroatoms. The molecule has 0 aliphatic carbocycles. The fraction of sp³-hybridized carbons (Fsp3) is 0.500. The van der Waals surface area contributed by atoms with Crippen molar-refractivity contribution < 1.29 is 0 Å². The Morgan fingerprint density at radius 3 is 2.95 bits per heavy atom. The Hall–Kier alpha value is -1.88. The van der Waals surface area contributed by atoms with Crippen molar-refractivity contribution in [3.8, 4) is 5.82 Å². The van der Waals surface area contributed by atoms with Crippen molar-refractivity contribution in [3.05, 3.63) is 36.8 Å². The highest BCUT2D eigenvalue weighted by atomic mass is 15.3. The fourth-order valence-corrected chi connectivity index (χ4v) is 3.01. The molecule has 2 aromatic rings. The van der Waals surface area contributed by atoms with Crippen LogP contribution in [0.25, 0.3) is 5.82 Å². The van der Waals surface area contributed by atoms with E-state index in [0.29, 0.717) is 12.0 Å². The highest BCUT2D eigenvalue weighted by molar-refractivity contribution is 5.44. The number of nitrogens with one attached hydrogen (secondary N) is 1. The summed E-state index contributed by atoms with van der Waals surface area (Å²) < 4.78 is 1.77. The lowest BCUT2D eigenvalue weighted by molar-refractivity contribution is 0.197. The minimum atomic E-state index is 0.463. The summed E-state index contributed by atoms with van der Waals surface area (Å²) in [5, 5.41) is 7.77. The average molecular weight is 285 g/mol. The molecule has 2 atom stereocenters. The van der Waals surface area contributed by atoms with Gasteiger partial charge in [0, 0.05) is 25.0 Å². The maximum absolute atomic E-state index is 4.46. The van der Waals surface area contributed by atoms with Crippen LogP contribution in [0.3, 0.4) is 0 Å². The van der Waals surface area contributed by atoms with Crippen LogP contribution in [-0.2, 0) is 0 Å². The number of aromatic nitrogens is 3. The summed E-state index contributed by atoms with van der Waals surface area (Å²) in [6.07, 6.45) is 8.15. The molecule has 1 aliphatic rings. The van der Waals surface area contributed by atoms with Crippen molar-refractivity contribution in [1.29, 1.82) is 0 Å². The molecule has 3 rings (SSSR count). The summed E-state index contributed by atoms with van der Waals surface area (Å²) in [6, 6.07) is 6.43. The molecule has 0 aromatic carbocycles. The zero-order valence-electron chi connectivity index (χ0n) is 12.7. The Labute approximate surface area is 126 Å². The van der Waals surface area contributed by atoms with Gasteiger partial charge >= 0.3 is 0 Å². The van der Waals surface area contributed by atoms with Crippen molar-refractivity contribution >= 4 is 5.69 Å². The van der Waals surface area contributed by atoms with E-state index in [1.165, 1.54) is 25.9 Å². The van der Waals surface area contributed by atoms with Crippen molar-refractivity contribution in [2.45, 2.75) is 25.8 Å². The minimum absolute atomic E-state index is 0.463. The summed E-state index contributed by atoms with van der Waals surface area (Å²) in [7, 11) is 2.21. The lowest BCUT2D eigenvalue weighted by Gasteiger charge is -2.34. The number of hydrogen-bond acceptors (Lipinski definition) is 4. The molecule has 5 nitrogen and oxygen atoms in total. The van der Waals surface area contributed by atoms with Crippen LogP contribution in [0.15, 0.2) is 36.8 Å². The van der Waals surface area contributed by atoms with Gasteiger partial charge in [0.2, 0.25) is 0 Å². The number of anilines is 1. The SMILES string of the molecule is CC(Nc1ccc(-n2cccn2)nc1)C1CCCN(C)C1. The van der Waals surface area contributed by atoms with Crippen LogP contribution in [0.5, 0.6) is 0 Å². The Morgan fingerprint density at radius 2 is 2.29 bits per heavy atom. The third-order valence-electron chi connectivity index (χ3n) is 4.25. The molecule has 112 valence electrons. The first kappa shape index (κ1) is 14.1. The van der Waals surface area contributed by atoms with E-state index in [-0.39, 0.29) is 0 Å².